The van der Waals surface area contributed by atoms with Gasteiger partial charge in [-0.1, -0.05) is 60.7 Å². The number of hydrogen-bond acceptors (Lipinski definition) is 1. The third kappa shape index (κ3) is 2.84. The van der Waals surface area contributed by atoms with Crippen LogP contribution < -0.4 is 4.90 Å². The van der Waals surface area contributed by atoms with Crippen LogP contribution in [0.2, 0.25) is 0 Å². The lowest BCUT2D eigenvalue weighted by atomic mass is 9.89. The van der Waals surface area contributed by atoms with Gasteiger partial charge < -0.3 is 4.90 Å². The van der Waals surface area contributed by atoms with Crippen LogP contribution in [0.1, 0.15) is 35.1 Å². The summed E-state index contributed by atoms with van der Waals surface area (Å²) in [6.07, 6.45) is 9.68. The molecule has 2 heterocycles. The molecule has 0 fully saturated rings. The molecule has 4 aromatic rings. The van der Waals surface area contributed by atoms with Crippen molar-refractivity contribution in [3.63, 3.8) is 0 Å². The highest BCUT2D eigenvalue weighted by atomic mass is 15.1. The standard InChI is InChI=1S/C28H25N/c1-3-11-25-21(7-1)19-22-8-2-4-12-26(22)27(25)14-13-20-17-23-9-5-15-29-16-6-10-24(18-20)28(23)29/h1-4,7-8,11-14,17-19H,5-6,9-10,15-16H2/b14-13+. The molecule has 0 amide bonds. The first-order valence-electron chi connectivity index (χ1n) is 10.9. The third-order valence-electron chi connectivity index (χ3n) is 6.61. The number of benzene rings is 4. The minimum atomic E-state index is 1.22. The van der Waals surface area contributed by atoms with Gasteiger partial charge in [-0.05, 0) is 87.7 Å². The van der Waals surface area contributed by atoms with Crippen LogP contribution in [0.25, 0.3) is 33.7 Å². The van der Waals surface area contributed by atoms with E-state index in [4.69, 9.17) is 0 Å². The second kappa shape index (κ2) is 6.77. The zero-order chi connectivity index (χ0) is 19.2. The Labute approximate surface area is 172 Å². The molecule has 0 spiro atoms. The Kier molecular flexibility index (Phi) is 3.94. The molecule has 0 atom stereocenters. The quantitative estimate of drug-likeness (QED) is 0.273. The van der Waals surface area contributed by atoms with Gasteiger partial charge in [0.25, 0.3) is 0 Å². The summed E-state index contributed by atoms with van der Waals surface area (Å²) < 4.78 is 0. The Morgan fingerprint density at radius 1 is 0.655 bits per heavy atom. The van der Waals surface area contributed by atoms with Gasteiger partial charge in [-0.15, -0.1) is 0 Å². The molecule has 1 nitrogen and oxygen atoms in total. The van der Waals surface area contributed by atoms with E-state index in [-0.39, 0.29) is 0 Å². The fraction of sp³-hybridized carbons (Fsp3) is 0.214. The van der Waals surface area contributed by atoms with E-state index in [1.807, 2.05) is 0 Å². The zero-order valence-corrected chi connectivity index (χ0v) is 16.7. The lowest BCUT2D eigenvalue weighted by Gasteiger charge is -2.37. The topological polar surface area (TPSA) is 3.24 Å². The van der Waals surface area contributed by atoms with Crippen LogP contribution in [0.4, 0.5) is 5.69 Å². The molecule has 0 bridgehead atoms. The molecular formula is C28H25N. The number of anilines is 1. The van der Waals surface area contributed by atoms with Gasteiger partial charge >= 0.3 is 0 Å². The molecule has 0 aromatic heterocycles. The molecule has 0 saturated heterocycles. The van der Waals surface area contributed by atoms with E-state index in [2.05, 4.69) is 83.8 Å². The van der Waals surface area contributed by atoms with Crippen LogP contribution in [-0.4, -0.2) is 13.1 Å². The molecule has 2 aliphatic heterocycles. The molecule has 0 N–H and O–H groups in total. The fourth-order valence-electron chi connectivity index (χ4n) is 5.33. The highest BCUT2D eigenvalue weighted by molar-refractivity contribution is 6.07. The smallest absolute Gasteiger partial charge is 0.0431 e. The molecule has 0 radical (unpaired) electrons. The number of aryl methyl sites for hydroxylation is 2. The van der Waals surface area contributed by atoms with Gasteiger partial charge in [0.1, 0.15) is 0 Å². The van der Waals surface area contributed by atoms with Gasteiger partial charge in [-0.25, -0.2) is 0 Å². The Hall–Kier alpha value is -3.06. The molecule has 1 heteroatoms. The SMILES string of the molecule is C(=C\c1c2ccccc2cc2ccccc12)/c1cc2c3c(c1)CCCN3CCC2. The summed E-state index contributed by atoms with van der Waals surface area (Å²) in [6.45, 7) is 2.47. The monoisotopic (exact) mass is 375 g/mol. The molecule has 0 aliphatic carbocycles. The molecule has 142 valence electrons. The Balaban J connectivity index is 1.50. The predicted octanol–water partition coefficient (Wildman–Crippen LogP) is 6.86. The Morgan fingerprint density at radius 2 is 1.24 bits per heavy atom. The summed E-state index contributed by atoms with van der Waals surface area (Å²) in [5.74, 6) is 0. The van der Waals surface area contributed by atoms with E-state index in [0.29, 0.717) is 0 Å². The van der Waals surface area contributed by atoms with Crippen molar-refractivity contribution in [1.29, 1.82) is 0 Å². The molecule has 29 heavy (non-hydrogen) atoms. The molecule has 2 aliphatic rings. The van der Waals surface area contributed by atoms with Crippen molar-refractivity contribution in [2.24, 2.45) is 0 Å². The van der Waals surface area contributed by atoms with Crippen LogP contribution in [0.3, 0.4) is 0 Å². The zero-order valence-electron chi connectivity index (χ0n) is 16.7. The molecule has 4 aromatic carbocycles. The lowest BCUT2D eigenvalue weighted by molar-refractivity contribution is 0.634. The van der Waals surface area contributed by atoms with E-state index in [1.165, 1.54) is 71.4 Å². The van der Waals surface area contributed by atoms with E-state index >= 15 is 0 Å². The van der Waals surface area contributed by atoms with E-state index in [9.17, 15) is 0 Å². The van der Waals surface area contributed by atoms with E-state index in [1.54, 1.807) is 16.8 Å². The minimum absolute atomic E-state index is 1.22. The first-order chi connectivity index (χ1) is 14.4. The van der Waals surface area contributed by atoms with Crippen molar-refractivity contribution >= 4 is 39.4 Å². The predicted molar refractivity (Wildman–Crippen MR) is 126 cm³/mol. The number of hydrogen-bond donors (Lipinski definition) is 0. The maximum Gasteiger partial charge on any atom is 0.0431 e. The van der Waals surface area contributed by atoms with Crippen molar-refractivity contribution < 1.29 is 0 Å². The lowest BCUT2D eigenvalue weighted by Crippen LogP contribution is -2.34. The van der Waals surface area contributed by atoms with Crippen LogP contribution in [0, 0.1) is 0 Å². The fourth-order valence-corrected chi connectivity index (χ4v) is 5.33. The van der Waals surface area contributed by atoms with Crippen LogP contribution in [0.5, 0.6) is 0 Å². The van der Waals surface area contributed by atoms with Crippen molar-refractivity contribution in [3.05, 3.63) is 89.0 Å². The number of nitrogens with zero attached hydrogens (tertiary/aromatic N) is 1. The van der Waals surface area contributed by atoms with Crippen LogP contribution in [0.15, 0.2) is 66.7 Å². The first-order valence-corrected chi connectivity index (χ1v) is 10.9. The van der Waals surface area contributed by atoms with Crippen LogP contribution in [-0.2, 0) is 12.8 Å². The van der Waals surface area contributed by atoms with Gasteiger partial charge in [0.2, 0.25) is 0 Å². The summed E-state index contributed by atoms with van der Waals surface area (Å²) in [5, 5.41) is 5.27. The summed E-state index contributed by atoms with van der Waals surface area (Å²) in [7, 11) is 0. The first kappa shape index (κ1) is 16.9. The van der Waals surface area contributed by atoms with Gasteiger partial charge in [0, 0.05) is 18.8 Å². The largest absolute Gasteiger partial charge is 0.371 e. The summed E-state index contributed by atoms with van der Waals surface area (Å²) in [6, 6.07) is 24.6. The average Bonchev–Trinajstić information content (AvgIpc) is 2.77. The highest BCUT2D eigenvalue weighted by Crippen LogP contribution is 2.37. The molecule has 6 rings (SSSR count). The second-order valence-corrected chi connectivity index (χ2v) is 8.45. The van der Waals surface area contributed by atoms with Crippen molar-refractivity contribution in [3.8, 4) is 0 Å². The van der Waals surface area contributed by atoms with Gasteiger partial charge in [-0.3, -0.25) is 0 Å². The van der Waals surface area contributed by atoms with E-state index < -0.39 is 0 Å². The Bertz CT molecular complexity index is 1180. The van der Waals surface area contributed by atoms with Crippen molar-refractivity contribution in [1.82, 2.24) is 0 Å². The van der Waals surface area contributed by atoms with Gasteiger partial charge in [0.15, 0.2) is 0 Å². The van der Waals surface area contributed by atoms with Crippen LogP contribution >= 0.6 is 0 Å². The van der Waals surface area contributed by atoms with Gasteiger partial charge in [-0.2, -0.15) is 0 Å². The van der Waals surface area contributed by atoms with Crippen molar-refractivity contribution in [2.75, 3.05) is 18.0 Å². The molecule has 0 unspecified atom stereocenters. The second-order valence-electron chi connectivity index (χ2n) is 8.45. The maximum absolute atomic E-state index is 2.61. The maximum atomic E-state index is 2.61. The summed E-state index contributed by atoms with van der Waals surface area (Å²) in [5.41, 5.74) is 7.33. The van der Waals surface area contributed by atoms with Crippen molar-refractivity contribution in [2.45, 2.75) is 25.7 Å². The van der Waals surface area contributed by atoms with E-state index in [0.717, 1.165) is 0 Å². The number of rotatable bonds is 2. The summed E-state index contributed by atoms with van der Waals surface area (Å²) in [4.78, 5) is 2.61. The minimum Gasteiger partial charge on any atom is -0.371 e. The van der Waals surface area contributed by atoms with Gasteiger partial charge in [0.05, 0.1) is 0 Å². The highest BCUT2D eigenvalue weighted by Gasteiger charge is 2.23. The molecule has 0 saturated carbocycles. The third-order valence-corrected chi connectivity index (χ3v) is 6.61. The summed E-state index contributed by atoms with van der Waals surface area (Å²) >= 11 is 0. The molecular weight excluding hydrogens is 350 g/mol. The number of fused-ring (bicyclic) bond motifs is 2. The average molecular weight is 376 g/mol. The normalized spacial score (nSPS) is 15.9. The Morgan fingerprint density at radius 3 is 1.86 bits per heavy atom.